The van der Waals surface area contributed by atoms with E-state index in [0.29, 0.717) is 44.9 Å². The molecule has 0 aromatic carbocycles. The van der Waals surface area contributed by atoms with Crippen molar-refractivity contribution in [2.45, 2.75) is 260 Å². The Morgan fingerprint density at radius 1 is 0.636 bits per heavy atom. The van der Waals surface area contributed by atoms with Gasteiger partial charge in [0.1, 0.15) is 72.1 Å². The molecule has 3 heterocycles. The zero-order chi connectivity index (χ0) is 79.5. The Balaban J connectivity index is 1.32. The van der Waals surface area contributed by atoms with Crippen LogP contribution in [0.25, 0.3) is 0 Å². The highest BCUT2D eigenvalue weighted by atomic mass is 19.4. The number of nitrogens with one attached hydrogen (secondary N) is 3. The van der Waals surface area contributed by atoms with Crippen LogP contribution in [0, 0.1) is 35.5 Å². The molecule has 7 aliphatic rings. The molecule has 4 saturated carbocycles. The molecule has 33 heteroatoms. The maximum absolute atomic E-state index is 15.5. The molecule has 6 fully saturated rings. The Bertz CT molecular complexity index is 3190. The van der Waals surface area contributed by atoms with Gasteiger partial charge in [-0.05, 0) is 140 Å². The molecule has 3 N–H and O–H groups in total. The molecule has 25 nitrogen and oxygen atoms in total. The minimum absolute atomic E-state index is 0.00420. The van der Waals surface area contributed by atoms with Gasteiger partial charge in [0.15, 0.2) is 0 Å². The van der Waals surface area contributed by atoms with Gasteiger partial charge in [0.05, 0.1) is 31.5 Å². The van der Waals surface area contributed by atoms with Crippen molar-refractivity contribution in [2.24, 2.45) is 35.5 Å². The van der Waals surface area contributed by atoms with Gasteiger partial charge in [0.2, 0.25) is 70.9 Å². The largest absolute Gasteiger partial charge is 0.397 e. The van der Waals surface area contributed by atoms with Crippen molar-refractivity contribution < 1.29 is 97.4 Å². The van der Waals surface area contributed by atoms with Gasteiger partial charge in [-0.2, -0.15) is 26.3 Å². The molecule has 604 valence electrons. The third-order valence-corrected chi connectivity index (χ3v) is 23.8. The molecular formula is C74H114F8N12O13. The highest BCUT2D eigenvalue weighted by Gasteiger charge is 2.56. The highest BCUT2D eigenvalue weighted by molar-refractivity contribution is 6.01. The fourth-order valence-electron chi connectivity index (χ4n) is 16.9. The highest BCUT2D eigenvalue weighted by Crippen LogP contribution is 2.46. The second-order valence-electron chi connectivity index (χ2n) is 31.3. The normalized spacial score (nSPS) is 32.1. The van der Waals surface area contributed by atoms with Crippen molar-refractivity contribution in [2.75, 3.05) is 89.2 Å². The molecule has 107 heavy (non-hydrogen) atoms. The molecule has 12 atom stereocenters. The minimum atomic E-state index is -5.22. The zero-order valence-corrected chi connectivity index (χ0v) is 64.1. The van der Waals surface area contributed by atoms with Crippen LogP contribution in [0.5, 0.6) is 0 Å². The lowest BCUT2D eigenvalue weighted by Gasteiger charge is -2.46. The molecule has 12 amide bonds. The van der Waals surface area contributed by atoms with Crippen molar-refractivity contribution in [3.63, 3.8) is 0 Å². The molecule has 0 radical (unpaired) electrons. The summed E-state index contributed by atoms with van der Waals surface area (Å²) >= 11 is 0. The Kier molecular flexibility index (Phi) is 30.5. The fourth-order valence-corrected chi connectivity index (χ4v) is 16.9. The number of amides is 12. The summed E-state index contributed by atoms with van der Waals surface area (Å²) < 4.78 is 121. The topological polar surface area (TPSA) is 279 Å². The number of ether oxygens (including phenoxy) is 1. The third kappa shape index (κ3) is 21.0. The summed E-state index contributed by atoms with van der Waals surface area (Å²) in [5.41, 5.74) is -1.69. The van der Waals surface area contributed by atoms with E-state index in [-0.39, 0.29) is 96.7 Å². The zero-order valence-electron chi connectivity index (χ0n) is 64.1. The number of hydrogen-bond acceptors (Lipinski definition) is 13. The van der Waals surface area contributed by atoms with Gasteiger partial charge in [-0.15, -0.1) is 0 Å². The van der Waals surface area contributed by atoms with Crippen LogP contribution in [0.4, 0.5) is 35.1 Å². The van der Waals surface area contributed by atoms with E-state index in [1.165, 1.54) is 71.1 Å². The van der Waals surface area contributed by atoms with Gasteiger partial charge in [0, 0.05) is 82.5 Å². The van der Waals surface area contributed by atoms with Crippen molar-refractivity contribution >= 4 is 70.9 Å². The number of carbonyl (C=O) groups excluding carboxylic acids is 12. The summed E-state index contributed by atoms with van der Waals surface area (Å²) in [6, 6.07) is -11.3. The number of hydrogen-bond donors (Lipinski definition) is 3. The summed E-state index contributed by atoms with van der Waals surface area (Å²) in [7, 11) is 10.8. The lowest BCUT2D eigenvalue weighted by molar-refractivity contribution is -0.219. The predicted molar refractivity (Wildman–Crippen MR) is 377 cm³/mol. The van der Waals surface area contributed by atoms with E-state index in [9.17, 15) is 55.1 Å². The summed E-state index contributed by atoms with van der Waals surface area (Å²) in [5, 5.41) is 8.38. The Morgan fingerprint density at radius 2 is 1.26 bits per heavy atom. The molecule has 0 aromatic heterocycles. The number of halogens is 8. The van der Waals surface area contributed by atoms with Crippen LogP contribution >= 0.6 is 0 Å². The summed E-state index contributed by atoms with van der Waals surface area (Å²) in [6.45, 7) is 5.01. The third-order valence-electron chi connectivity index (χ3n) is 23.8. The lowest BCUT2D eigenvalue weighted by Crippen LogP contribution is -2.68. The van der Waals surface area contributed by atoms with E-state index in [1.807, 2.05) is 0 Å². The van der Waals surface area contributed by atoms with Gasteiger partial charge in [-0.1, -0.05) is 58.6 Å². The Labute approximate surface area is 623 Å². The average Bonchev–Trinajstić information content (AvgIpc) is 1.66. The van der Waals surface area contributed by atoms with Crippen LogP contribution in [0.1, 0.15) is 175 Å². The van der Waals surface area contributed by atoms with Gasteiger partial charge in [-0.25, -0.2) is 8.78 Å². The number of carbonyl (C=O) groups is 12. The first-order valence-electron chi connectivity index (χ1n) is 38.2. The molecular weight excluding hydrogens is 1420 g/mol. The summed E-state index contributed by atoms with van der Waals surface area (Å²) in [6.07, 6.45) is -12.8. The van der Waals surface area contributed by atoms with Crippen LogP contribution in [0.3, 0.4) is 0 Å². The molecule has 2 saturated heterocycles. The van der Waals surface area contributed by atoms with E-state index < -0.39 is 230 Å². The molecule has 2 bridgehead atoms. The van der Waals surface area contributed by atoms with Gasteiger partial charge in [0.25, 0.3) is 0 Å². The minimum Gasteiger partial charge on any atom is -0.377 e. The van der Waals surface area contributed by atoms with Crippen molar-refractivity contribution in [1.82, 2.24) is 60.0 Å². The monoisotopic (exact) mass is 1530 g/mol. The van der Waals surface area contributed by atoms with Gasteiger partial charge < -0.3 is 64.8 Å². The quantitative estimate of drug-likeness (QED) is 0.139. The number of fused-ring (bicyclic) bond motifs is 3. The molecule has 4 aliphatic carbocycles. The fraction of sp³-hybridized carbons (Fsp3) is 0.811. The van der Waals surface area contributed by atoms with Crippen LogP contribution < -0.4 is 16.0 Å². The molecule has 3 aliphatic heterocycles. The molecule has 0 aromatic rings. The Morgan fingerprint density at radius 3 is 1.82 bits per heavy atom. The number of rotatable bonds is 13. The molecule has 2 unspecified atom stereocenters. The van der Waals surface area contributed by atoms with E-state index >= 15 is 37.5 Å². The summed E-state index contributed by atoms with van der Waals surface area (Å²) in [4.78, 5) is 191. The van der Waals surface area contributed by atoms with Crippen LogP contribution in [-0.4, -0.2) is 289 Å². The van der Waals surface area contributed by atoms with Crippen LogP contribution in [0.2, 0.25) is 0 Å². The molecule has 7 rings (SSSR count). The Hall–Kier alpha value is -7.22. The average molecular weight is 1530 g/mol. The first-order valence-corrected chi connectivity index (χ1v) is 38.2. The second-order valence-corrected chi connectivity index (χ2v) is 31.3. The maximum atomic E-state index is 15.5. The number of likely N-dealkylation sites (N-methyl/N-ethyl adjacent to an activating group) is 7. The van der Waals surface area contributed by atoms with E-state index in [2.05, 4.69) is 16.0 Å². The standard InChI is InChI=1S/C74H114F8N12O13/c1-13-22-52-63(98)84-61(43(4)14-2)69(104)88(8)42-59(97)90(10)53-25-17-16-20-34-93(68(53)103)56(37-44-26-29-47(30-27-44)73(77,78)79)67(102)87(7)41-57(95)83-51(31-28-45-35-49(75)60(50(76)36-45)74(80,81)82)65(100)94-40-48(107-15-3)38-54(94)64(99)85-72(32-21-33-72)71(106)92(12)62(46-23-18-19-24-46)70(105)91(11)55(66(101)86(5)6)39-58(96)89(52)9/h16-17,43-56,60-62H,13-15,18-42H2,1-12H3,(H,83,95)(H,84,98)(H,85,99)/b17-16-/t43-,44?,45?,47?,48+,49?,50?,51-,52-,53-,54-,55-,56-,60?,61-,62-/m0/s1. The van der Waals surface area contributed by atoms with E-state index in [1.54, 1.807) is 39.8 Å². The second kappa shape index (κ2) is 37.5. The lowest BCUT2D eigenvalue weighted by atomic mass is 9.74. The van der Waals surface area contributed by atoms with Crippen molar-refractivity contribution in [1.29, 1.82) is 0 Å². The SMILES string of the molecule is CCC[C@H]1C(=O)N[C@@H]([C@@H](C)CC)C(=O)N(C)CC(=O)N(C)[C@H]2C/C=C\CCN(C2=O)[C@@H](CC2CCC(C(F)(F)F)CC2)C(=O)N(C)CC(=O)N[C@@H](CCC2CC(F)C(C(F)(F)F)C(F)C2)C(=O)N2C[C@H](OCC)C[C@H]2C(=O)NC2(CCC2)C(=O)N(C)[C@@H](C2CCCC2)C(=O)N(C)[C@H](C(=O)N(C)C)CC(=O)N1C. The smallest absolute Gasteiger partial charge is 0.377 e. The van der Waals surface area contributed by atoms with Crippen molar-refractivity contribution in [3.8, 4) is 0 Å². The van der Waals surface area contributed by atoms with Crippen molar-refractivity contribution in [3.05, 3.63) is 12.2 Å². The number of nitrogens with zero attached hydrogens (tertiary/aromatic N) is 9. The van der Waals surface area contributed by atoms with E-state index in [4.69, 9.17) is 4.74 Å². The van der Waals surface area contributed by atoms with Crippen LogP contribution in [0.15, 0.2) is 12.2 Å². The van der Waals surface area contributed by atoms with Crippen LogP contribution in [-0.2, 0) is 62.3 Å². The maximum Gasteiger partial charge on any atom is 0.397 e. The van der Waals surface area contributed by atoms with Gasteiger partial charge in [-0.3, -0.25) is 57.5 Å². The van der Waals surface area contributed by atoms with Gasteiger partial charge >= 0.3 is 12.4 Å². The van der Waals surface area contributed by atoms with E-state index in [0.717, 1.165) is 29.4 Å². The summed E-state index contributed by atoms with van der Waals surface area (Å²) in [5.74, 6) is -16.8. The molecule has 1 spiro atoms. The first-order chi connectivity index (χ1) is 50.2. The predicted octanol–water partition coefficient (Wildman–Crippen LogP) is 6.10. The first kappa shape index (κ1) is 87.0. The number of alkyl halides is 8.